The van der Waals surface area contributed by atoms with Gasteiger partial charge in [0.2, 0.25) is 0 Å². The first-order valence-electron chi connectivity index (χ1n) is 0.692. The predicted octanol–water partition coefficient (Wildman–Crippen LogP) is -0.308. The van der Waals surface area contributed by atoms with Crippen molar-refractivity contribution in [3.05, 3.63) is 0 Å². The summed E-state index contributed by atoms with van der Waals surface area (Å²) in [4.78, 5) is 0. The maximum absolute atomic E-state index is 9.27. The Morgan fingerprint density at radius 3 is 1.67 bits per heavy atom. The fraction of sp³-hybridized carbons (Fsp3) is 0. The van der Waals surface area contributed by atoms with Crippen molar-refractivity contribution in [1.82, 2.24) is 0 Å². The molecule has 0 aliphatic heterocycles. The first kappa shape index (κ1) is 11.6. The zero-order valence-corrected chi connectivity index (χ0v) is 9.40. The van der Waals surface area contributed by atoms with Gasteiger partial charge in [0, 0.05) is 40.8 Å². The van der Waals surface area contributed by atoms with E-state index in [-0.39, 0.29) is 40.8 Å². The zero-order valence-electron chi connectivity index (χ0n) is 2.53. The Bertz CT molecular complexity index is 68.9. The molecule has 0 radical (unpaired) electrons. The van der Waals surface area contributed by atoms with Crippen LogP contribution in [0.15, 0.2) is 0 Å². The first-order valence-corrected chi connectivity index (χ1v) is 3.33. The zero-order chi connectivity index (χ0) is 4.28. The third-order valence-corrected chi connectivity index (χ3v) is 1.61. The van der Waals surface area contributed by atoms with Gasteiger partial charge in [-0.2, -0.15) is 0 Å². The molecule has 0 heterocycles. The molecule has 0 aliphatic rings. The Balaban J connectivity index is 0. The average Bonchev–Trinajstić information content (AvgIpc) is 1.38. The summed E-state index contributed by atoms with van der Waals surface area (Å²) in [6.07, 6.45) is 0. The topological polar surface area (TPSA) is 43.4 Å². The van der Waals surface area contributed by atoms with Crippen LogP contribution in [0, 0.1) is 79.3 Å². The van der Waals surface area contributed by atoms with E-state index >= 15 is 0 Å². The second-order valence-corrected chi connectivity index (χ2v) is 2.90. The fourth-order valence-electron chi connectivity index (χ4n) is 0. The SMILES string of the molecule is [Nd].[O]=[V](=[O])[O][Gd]. The molecule has 0 aromatic carbocycles. The standard InChI is InChI=1S/Gd.Nd.3O.V. The Morgan fingerprint density at radius 1 is 1.50 bits per heavy atom. The minimum atomic E-state index is -3.19. The molecule has 0 saturated carbocycles. The van der Waals surface area contributed by atoms with E-state index in [0.29, 0.717) is 0 Å². The van der Waals surface area contributed by atoms with Crippen LogP contribution < -0.4 is 0 Å². The number of hydrogen-bond acceptors (Lipinski definition) is 3. The van der Waals surface area contributed by atoms with Crippen molar-refractivity contribution in [3.8, 4) is 0 Å². The monoisotopic (exact) mass is 399 g/mol. The molecular formula is GdNdO3V. The third kappa shape index (κ3) is 9.94. The van der Waals surface area contributed by atoms with Gasteiger partial charge in [0.15, 0.2) is 0 Å². The third-order valence-electron chi connectivity index (χ3n) is 0.0527. The van der Waals surface area contributed by atoms with Gasteiger partial charge in [-0.25, -0.2) is 0 Å². The molecule has 0 spiro atoms. The number of hydrogen-bond donors (Lipinski definition) is 0. The van der Waals surface area contributed by atoms with Crippen LogP contribution in [-0.4, -0.2) is 0 Å². The molecule has 0 N–H and O–H groups in total. The Morgan fingerprint density at radius 2 is 1.67 bits per heavy atom. The van der Waals surface area contributed by atoms with Gasteiger partial charge in [0.25, 0.3) is 0 Å². The predicted molar refractivity (Wildman–Crippen MR) is 2.46 cm³/mol. The molecular weight excluding hydrogens is 400 g/mol. The van der Waals surface area contributed by atoms with E-state index in [4.69, 9.17) is 0 Å². The molecule has 0 fully saturated rings. The molecule has 0 rings (SSSR count). The molecule has 0 amide bonds. The van der Waals surface area contributed by atoms with Crippen LogP contribution >= 0.6 is 0 Å². The summed E-state index contributed by atoms with van der Waals surface area (Å²) in [5.74, 6) is 0. The normalized spacial score (nSPS) is 6.17. The summed E-state index contributed by atoms with van der Waals surface area (Å²) in [7, 11) is 0. The van der Waals surface area contributed by atoms with Gasteiger partial charge in [-0.1, -0.05) is 0 Å². The molecule has 0 aliphatic carbocycles. The van der Waals surface area contributed by atoms with Gasteiger partial charge in [0.1, 0.15) is 0 Å². The van der Waals surface area contributed by atoms with Crippen molar-refractivity contribution in [3.63, 3.8) is 0 Å². The second kappa shape index (κ2) is 7.82. The summed E-state index contributed by atoms with van der Waals surface area (Å²) in [6, 6.07) is 0. The van der Waals surface area contributed by atoms with E-state index in [0.717, 1.165) is 38.5 Å². The molecule has 6 heavy (non-hydrogen) atoms. The molecule has 0 unspecified atom stereocenters. The van der Waals surface area contributed by atoms with Crippen molar-refractivity contribution in [1.29, 1.82) is 0 Å². The van der Waals surface area contributed by atoms with Crippen molar-refractivity contribution in [2.75, 3.05) is 0 Å². The fourth-order valence-corrected chi connectivity index (χ4v) is 0. The van der Waals surface area contributed by atoms with E-state index in [1.165, 1.54) is 0 Å². The van der Waals surface area contributed by atoms with Gasteiger partial charge < -0.3 is 0 Å². The van der Waals surface area contributed by atoms with Crippen LogP contribution in [0.2, 0.25) is 0 Å². The average molecular weight is 400 g/mol. The molecule has 6 heteroatoms. The van der Waals surface area contributed by atoms with Crippen LogP contribution in [0.5, 0.6) is 0 Å². The van der Waals surface area contributed by atoms with Crippen LogP contribution in [0.4, 0.5) is 0 Å². The summed E-state index contributed by atoms with van der Waals surface area (Å²) in [5.41, 5.74) is 0. The van der Waals surface area contributed by atoms with Crippen LogP contribution in [0.1, 0.15) is 0 Å². The summed E-state index contributed by atoms with van der Waals surface area (Å²) >= 11 is -2.22. The molecule has 0 aromatic heterocycles. The first-order chi connectivity index (χ1) is 2.27. The van der Waals surface area contributed by atoms with E-state index in [1.807, 2.05) is 0 Å². The van der Waals surface area contributed by atoms with Crippen LogP contribution in [0.3, 0.4) is 0 Å². The van der Waals surface area contributed by atoms with Crippen molar-refractivity contribution >= 4 is 0 Å². The van der Waals surface area contributed by atoms with Gasteiger partial charge in [-0.15, -0.1) is 0 Å². The molecule has 0 bridgehead atoms. The van der Waals surface area contributed by atoms with Crippen molar-refractivity contribution in [2.45, 2.75) is 0 Å². The van der Waals surface area contributed by atoms with Crippen LogP contribution in [0.25, 0.3) is 0 Å². The minimum absolute atomic E-state index is 0. The molecule has 0 atom stereocenters. The Kier molecular flexibility index (Phi) is 15.1. The van der Waals surface area contributed by atoms with E-state index in [1.54, 1.807) is 0 Å². The van der Waals surface area contributed by atoms with Crippen molar-refractivity contribution < 1.29 is 102 Å². The molecule has 0 saturated heterocycles. The van der Waals surface area contributed by atoms with Crippen molar-refractivity contribution in [2.24, 2.45) is 0 Å². The van der Waals surface area contributed by atoms with Gasteiger partial charge >= 0.3 is 61.3 Å². The van der Waals surface area contributed by atoms with Gasteiger partial charge in [0.05, 0.1) is 0 Å². The quantitative estimate of drug-likeness (QED) is 0.607. The number of rotatable bonds is 1. The van der Waals surface area contributed by atoms with Crippen LogP contribution in [-0.2, 0) is 22.8 Å². The Labute approximate surface area is 99.4 Å². The molecule has 3 nitrogen and oxygen atoms in total. The molecule has 35 valence electrons. The summed E-state index contributed by atoms with van der Waals surface area (Å²) in [5, 5.41) is 0. The van der Waals surface area contributed by atoms with E-state index in [2.05, 4.69) is 0.0997 Å². The maximum atomic E-state index is 9.27. The second-order valence-electron chi connectivity index (χ2n) is 0.288. The van der Waals surface area contributed by atoms with E-state index in [9.17, 15) is 7.35 Å². The Hall–Kier alpha value is 2.82. The summed E-state index contributed by atoms with van der Waals surface area (Å²) in [6.45, 7) is 0. The summed E-state index contributed by atoms with van der Waals surface area (Å²) < 4.78 is 22.4. The van der Waals surface area contributed by atoms with E-state index < -0.39 is 15.4 Å². The van der Waals surface area contributed by atoms with Gasteiger partial charge in [-0.05, 0) is 0 Å². The van der Waals surface area contributed by atoms with Gasteiger partial charge in [-0.3, -0.25) is 0 Å². The molecule has 0 aromatic rings.